The van der Waals surface area contributed by atoms with Crippen LogP contribution in [0.2, 0.25) is 0 Å². The zero-order valence-electron chi connectivity index (χ0n) is 19.0. The van der Waals surface area contributed by atoms with Gasteiger partial charge in [0, 0.05) is 27.6 Å². The molecule has 0 radical (unpaired) electrons. The minimum absolute atomic E-state index is 0.0686. The van der Waals surface area contributed by atoms with Crippen LogP contribution in [0.25, 0.3) is 0 Å². The molecule has 0 bridgehead atoms. The number of hydrogen-bond acceptors (Lipinski definition) is 3. The molecule has 4 heteroatoms. The molecule has 30 heavy (non-hydrogen) atoms. The molecule has 0 heterocycles. The summed E-state index contributed by atoms with van der Waals surface area (Å²) >= 11 is 3.65. The van der Waals surface area contributed by atoms with Gasteiger partial charge in [0.25, 0.3) is 0 Å². The average Bonchev–Trinajstić information content (AvgIpc) is 2.67. The first-order valence-electron chi connectivity index (χ1n) is 10.1. The fraction of sp³-hybridized carbons (Fsp3) is 0.423. The molecule has 0 aliphatic heterocycles. The van der Waals surface area contributed by atoms with Crippen molar-refractivity contribution in [3.8, 4) is 17.6 Å². The molecule has 2 aromatic carbocycles. The summed E-state index contributed by atoms with van der Waals surface area (Å²) in [6.07, 6.45) is 0.369. The lowest BCUT2D eigenvalue weighted by Crippen LogP contribution is -2.18. The van der Waals surface area contributed by atoms with Crippen LogP contribution in [0, 0.1) is 18.8 Å². The van der Waals surface area contributed by atoms with Crippen molar-refractivity contribution in [2.75, 3.05) is 7.11 Å². The molecule has 0 unspecified atom stereocenters. The molecule has 2 rings (SSSR count). The van der Waals surface area contributed by atoms with Gasteiger partial charge in [-0.3, -0.25) is 4.79 Å². The van der Waals surface area contributed by atoms with Crippen molar-refractivity contribution in [1.29, 1.82) is 0 Å². The summed E-state index contributed by atoms with van der Waals surface area (Å²) in [6, 6.07) is 9.87. The zero-order chi connectivity index (χ0) is 22.5. The van der Waals surface area contributed by atoms with Crippen LogP contribution in [0.5, 0.6) is 5.75 Å². The predicted octanol–water partition coefficient (Wildman–Crippen LogP) is 6.09. The highest BCUT2D eigenvalue weighted by Crippen LogP contribution is 2.39. The first-order chi connectivity index (χ1) is 14.1. The highest BCUT2D eigenvalue weighted by molar-refractivity contribution is 9.08. The third-order valence-corrected chi connectivity index (χ3v) is 5.39. The van der Waals surface area contributed by atoms with Gasteiger partial charge in [-0.1, -0.05) is 60.7 Å². The fourth-order valence-electron chi connectivity index (χ4n) is 3.12. The van der Waals surface area contributed by atoms with E-state index in [-0.39, 0.29) is 23.9 Å². The van der Waals surface area contributed by atoms with Crippen molar-refractivity contribution >= 4 is 21.9 Å². The van der Waals surface area contributed by atoms with E-state index in [2.05, 4.69) is 75.4 Å². The van der Waals surface area contributed by atoms with Crippen LogP contribution in [-0.4, -0.2) is 19.2 Å². The SMILES string of the molecule is COC(=O)Cc1ccc(C#Cc2cc(C(C)(C)C)c(OC(C)C)c(CBr)c2C)cc1. The normalized spacial score (nSPS) is 11.1. The van der Waals surface area contributed by atoms with Crippen molar-refractivity contribution in [2.24, 2.45) is 0 Å². The number of benzene rings is 2. The number of carbonyl (C=O) groups excluding carboxylic acids is 1. The summed E-state index contributed by atoms with van der Waals surface area (Å²) < 4.78 is 10.9. The van der Waals surface area contributed by atoms with Gasteiger partial charge in [-0.25, -0.2) is 0 Å². The number of rotatable bonds is 5. The van der Waals surface area contributed by atoms with E-state index in [1.807, 2.05) is 24.3 Å². The second-order valence-corrected chi connectivity index (χ2v) is 9.22. The molecule has 0 aromatic heterocycles. The van der Waals surface area contributed by atoms with Crippen LogP contribution in [0.3, 0.4) is 0 Å². The second-order valence-electron chi connectivity index (χ2n) is 8.65. The van der Waals surface area contributed by atoms with E-state index in [4.69, 9.17) is 9.47 Å². The molecule has 0 atom stereocenters. The maximum Gasteiger partial charge on any atom is 0.309 e. The number of methoxy groups -OCH3 is 1. The fourth-order valence-corrected chi connectivity index (χ4v) is 3.79. The zero-order valence-corrected chi connectivity index (χ0v) is 20.6. The van der Waals surface area contributed by atoms with Crippen LogP contribution >= 0.6 is 15.9 Å². The van der Waals surface area contributed by atoms with Gasteiger partial charge in [-0.2, -0.15) is 0 Å². The second kappa shape index (κ2) is 10.2. The quantitative estimate of drug-likeness (QED) is 0.301. The number of halogens is 1. The Balaban J connectivity index is 2.47. The van der Waals surface area contributed by atoms with Crippen molar-refractivity contribution in [1.82, 2.24) is 0 Å². The van der Waals surface area contributed by atoms with E-state index in [1.165, 1.54) is 7.11 Å². The lowest BCUT2D eigenvalue weighted by Gasteiger charge is -2.27. The number of esters is 1. The molecule has 0 N–H and O–H groups in total. The molecule has 2 aromatic rings. The van der Waals surface area contributed by atoms with Gasteiger partial charge in [0.2, 0.25) is 0 Å². The molecule has 0 spiro atoms. The standard InChI is InChI=1S/C26H31BrO3/c1-17(2)30-25-22(16-27)18(3)21(15-23(25)26(4,5)6)13-12-19-8-10-20(11-9-19)14-24(28)29-7/h8-11,15,17H,14,16H2,1-7H3. The molecule has 3 nitrogen and oxygen atoms in total. The predicted molar refractivity (Wildman–Crippen MR) is 126 cm³/mol. The molecule has 0 aliphatic rings. The first kappa shape index (κ1) is 24.0. The highest BCUT2D eigenvalue weighted by Gasteiger charge is 2.24. The molecule has 0 aliphatic carbocycles. The Morgan fingerprint density at radius 2 is 1.77 bits per heavy atom. The third-order valence-electron chi connectivity index (χ3n) is 4.83. The Morgan fingerprint density at radius 3 is 2.27 bits per heavy atom. The minimum Gasteiger partial charge on any atom is -0.490 e. The van der Waals surface area contributed by atoms with E-state index >= 15 is 0 Å². The minimum atomic E-state index is -0.245. The van der Waals surface area contributed by atoms with Gasteiger partial charge in [0.05, 0.1) is 19.6 Å². The maximum absolute atomic E-state index is 11.4. The van der Waals surface area contributed by atoms with E-state index in [1.54, 1.807) is 0 Å². The molecule has 0 saturated carbocycles. The number of hydrogen-bond donors (Lipinski definition) is 0. The highest BCUT2D eigenvalue weighted by atomic mass is 79.9. The molecule has 0 fully saturated rings. The Hall–Kier alpha value is -2.25. The van der Waals surface area contributed by atoms with Crippen LogP contribution in [0.1, 0.15) is 68.0 Å². The average molecular weight is 471 g/mol. The summed E-state index contributed by atoms with van der Waals surface area (Å²) in [4.78, 5) is 11.4. The van der Waals surface area contributed by atoms with Gasteiger partial charge >= 0.3 is 5.97 Å². The number of carbonyl (C=O) groups is 1. The third kappa shape index (κ3) is 6.12. The molecule has 0 saturated heterocycles. The summed E-state index contributed by atoms with van der Waals surface area (Å²) in [6.45, 7) is 12.8. The summed E-state index contributed by atoms with van der Waals surface area (Å²) in [5.41, 5.74) is 6.19. The van der Waals surface area contributed by atoms with Crippen molar-refractivity contribution in [3.05, 3.63) is 63.7 Å². The topological polar surface area (TPSA) is 35.5 Å². The van der Waals surface area contributed by atoms with Crippen LogP contribution in [-0.2, 0) is 26.7 Å². The maximum atomic E-state index is 11.4. The van der Waals surface area contributed by atoms with Crippen molar-refractivity contribution in [2.45, 2.75) is 64.8 Å². The number of ether oxygens (including phenoxy) is 2. The monoisotopic (exact) mass is 470 g/mol. The molecular formula is C26H31BrO3. The first-order valence-corrected chi connectivity index (χ1v) is 11.3. The van der Waals surface area contributed by atoms with Crippen molar-refractivity contribution < 1.29 is 14.3 Å². The lowest BCUT2D eigenvalue weighted by molar-refractivity contribution is -0.139. The van der Waals surface area contributed by atoms with Gasteiger partial charge in [-0.05, 0) is 55.5 Å². The van der Waals surface area contributed by atoms with E-state index in [0.29, 0.717) is 5.33 Å². The Kier molecular flexibility index (Phi) is 8.15. The number of alkyl halides is 1. The van der Waals surface area contributed by atoms with Gasteiger partial charge in [0.15, 0.2) is 0 Å². The Labute approximate surface area is 189 Å². The van der Waals surface area contributed by atoms with Crippen LogP contribution in [0.15, 0.2) is 30.3 Å². The lowest BCUT2D eigenvalue weighted by atomic mass is 9.82. The van der Waals surface area contributed by atoms with Gasteiger partial charge in [0.1, 0.15) is 5.75 Å². The van der Waals surface area contributed by atoms with Crippen molar-refractivity contribution in [3.63, 3.8) is 0 Å². The molecule has 0 amide bonds. The molecular weight excluding hydrogens is 440 g/mol. The largest absolute Gasteiger partial charge is 0.490 e. The summed E-state index contributed by atoms with van der Waals surface area (Å²) in [5.74, 6) is 7.33. The smallest absolute Gasteiger partial charge is 0.309 e. The van der Waals surface area contributed by atoms with E-state index in [9.17, 15) is 4.79 Å². The Bertz CT molecular complexity index is 955. The van der Waals surface area contributed by atoms with Crippen LogP contribution < -0.4 is 4.74 Å². The van der Waals surface area contributed by atoms with E-state index in [0.717, 1.165) is 39.1 Å². The van der Waals surface area contributed by atoms with Gasteiger partial charge in [-0.15, -0.1) is 0 Å². The van der Waals surface area contributed by atoms with E-state index < -0.39 is 0 Å². The summed E-state index contributed by atoms with van der Waals surface area (Å²) in [7, 11) is 1.40. The summed E-state index contributed by atoms with van der Waals surface area (Å²) in [5, 5.41) is 0.710. The molecule has 160 valence electrons. The van der Waals surface area contributed by atoms with Crippen LogP contribution in [0.4, 0.5) is 0 Å². The van der Waals surface area contributed by atoms with Gasteiger partial charge < -0.3 is 9.47 Å². The Morgan fingerprint density at radius 1 is 1.13 bits per heavy atom.